The van der Waals surface area contributed by atoms with Crippen LogP contribution in [-0.4, -0.2) is 16.8 Å². The number of anilines is 1. The smallest absolute Gasteiger partial charge is 0.228 e. The number of carbonyl (C=O) groups excluding carboxylic acids is 2. The predicted molar refractivity (Wildman–Crippen MR) is 109 cm³/mol. The molecule has 1 atom stereocenters. The van der Waals surface area contributed by atoms with Gasteiger partial charge in [0.05, 0.1) is 18.2 Å². The fourth-order valence-electron chi connectivity index (χ4n) is 2.72. The molecule has 1 aromatic heterocycles. The van der Waals surface area contributed by atoms with Gasteiger partial charge in [0.1, 0.15) is 0 Å². The standard InChI is InChI=1S/C20H16ClF2N3O2S/c1-11(27)24-17(13-4-2-3-5-14(13)21)9-19(28)26-20-25-18(10-29-20)12-6-7-15(22)16(23)8-12/h2-8,10,17H,9H2,1H3,(H,24,27)(H,25,26,28)/t17-/m1/s1. The summed E-state index contributed by atoms with van der Waals surface area (Å²) in [7, 11) is 0. The van der Waals surface area contributed by atoms with Crippen LogP contribution in [0.2, 0.25) is 5.02 Å². The van der Waals surface area contributed by atoms with E-state index in [1.807, 2.05) is 0 Å². The third kappa shape index (κ3) is 5.36. The largest absolute Gasteiger partial charge is 0.349 e. The molecule has 0 aliphatic heterocycles. The second kappa shape index (κ2) is 9.11. The van der Waals surface area contributed by atoms with Gasteiger partial charge in [0, 0.05) is 22.9 Å². The molecule has 0 saturated heterocycles. The van der Waals surface area contributed by atoms with Gasteiger partial charge in [-0.05, 0) is 29.8 Å². The first kappa shape index (κ1) is 20.9. The fraction of sp³-hybridized carbons (Fsp3) is 0.150. The number of nitrogens with one attached hydrogen (secondary N) is 2. The normalized spacial score (nSPS) is 11.7. The van der Waals surface area contributed by atoms with Crippen molar-refractivity contribution in [2.24, 2.45) is 0 Å². The van der Waals surface area contributed by atoms with Crippen molar-refractivity contribution in [1.82, 2.24) is 10.3 Å². The number of aromatic nitrogens is 1. The lowest BCUT2D eigenvalue weighted by atomic mass is 10.0. The highest BCUT2D eigenvalue weighted by atomic mass is 35.5. The Morgan fingerprint density at radius 3 is 2.62 bits per heavy atom. The number of benzene rings is 2. The van der Waals surface area contributed by atoms with Gasteiger partial charge in [0.15, 0.2) is 16.8 Å². The van der Waals surface area contributed by atoms with Crippen molar-refractivity contribution in [3.05, 3.63) is 70.1 Å². The third-order valence-electron chi connectivity index (χ3n) is 4.01. The van der Waals surface area contributed by atoms with E-state index in [2.05, 4.69) is 15.6 Å². The highest BCUT2D eigenvalue weighted by Crippen LogP contribution is 2.28. The van der Waals surface area contributed by atoms with Crippen LogP contribution in [0.15, 0.2) is 47.8 Å². The number of halogens is 3. The Kier molecular flexibility index (Phi) is 6.56. The van der Waals surface area contributed by atoms with Crippen molar-refractivity contribution in [2.45, 2.75) is 19.4 Å². The maximum absolute atomic E-state index is 13.4. The van der Waals surface area contributed by atoms with Gasteiger partial charge in [-0.2, -0.15) is 0 Å². The summed E-state index contributed by atoms with van der Waals surface area (Å²) >= 11 is 7.34. The van der Waals surface area contributed by atoms with Crippen LogP contribution in [0.1, 0.15) is 24.9 Å². The predicted octanol–water partition coefficient (Wildman–Crippen LogP) is 4.95. The molecule has 0 fully saturated rings. The SMILES string of the molecule is CC(=O)N[C@H](CC(=O)Nc1nc(-c2ccc(F)c(F)c2)cs1)c1ccccc1Cl. The van der Waals surface area contributed by atoms with Crippen LogP contribution in [0.5, 0.6) is 0 Å². The zero-order valence-corrected chi connectivity index (χ0v) is 16.8. The lowest BCUT2D eigenvalue weighted by Crippen LogP contribution is -2.30. The summed E-state index contributed by atoms with van der Waals surface area (Å²) in [6.07, 6.45) is -0.0522. The van der Waals surface area contributed by atoms with Crippen molar-refractivity contribution in [3.63, 3.8) is 0 Å². The second-order valence-corrected chi connectivity index (χ2v) is 7.46. The Labute approximate surface area is 174 Å². The monoisotopic (exact) mass is 435 g/mol. The van der Waals surface area contributed by atoms with Gasteiger partial charge >= 0.3 is 0 Å². The van der Waals surface area contributed by atoms with Crippen molar-refractivity contribution in [3.8, 4) is 11.3 Å². The van der Waals surface area contributed by atoms with Gasteiger partial charge in [-0.1, -0.05) is 29.8 Å². The van der Waals surface area contributed by atoms with E-state index in [4.69, 9.17) is 11.6 Å². The molecule has 2 amide bonds. The summed E-state index contributed by atoms with van der Waals surface area (Å²) in [5.41, 5.74) is 1.43. The van der Waals surface area contributed by atoms with Crippen LogP contribution < -0.4 is 10.6 Å². The number of nitrogens with zero attached hydrogens (tertiary/aromatic N) is 1. The highest BCUT2D eigenvalue weighted by Gasteiger charge is 2.20. The Hall–Kier alpha value is -2.84. The number of hydrogen-bond acceptors (Lipinski definition) is 4. The Balaban J connectivity index is 1.72. The van der Waals surface area contributed by atoms with E-state index in [0.717, 1.165) is 23.5 Å². The van der Waals surface area contributed by atoms with Crippen LogP contribution in [0.25, 0.3) is 11.3 Å². The third-order valence-corrected chi connectivity index (χ3v) is 5.12. The molecule has 0 bridgehead atoms. The number of rotatable bonds is 6. The summed E-state index contributed by atoms with van der Waals surface area (Å²) in [6, 6.07) is 9.80. The fourth-order valence-corrected chi connectivity index (χ4v) is 3.72. The van der Waals surface area contributed by atoms with E-state index in [1.165, 1.54) is 13.0 Å². The van der Waals surface area contributed by atoms with Crippen LogP contribution in [0.4, 0.5) is 13.9 Å². The van der Waals surface area contributed by atoms with Gasteiger partial charge < -0.3 is 10.6 Å². The lowest BCUT2D eigenvalue weighted by molar-refractivity contribution is -0.120. The molecule has 0 aliphatic rings. The van der Waals surface area contributed by atoms with Gasteiger partial charge in [-0.3, -0.25) is 9.59 Å². The maximum Gasteiger partial charge on any atom is 0.228 e. The van der Waals surface area contributed by atoms with Crippen LogP contribution in [0.3, 0.4) is 0 Å². The Bertz CT molecular complexity index is 1060. The van der Waals surface area contributed by atoms with Gasteiger partial charge in [0.25, 0.3) is 0 Å². The topological polar surface area (TPSA) is 71.1 Å². The molecular weight excluding hydrogens is 420 g/mol. The number of amides is 2. The van der Waals surface area contributed by atoms with Crippen molar-refractivity contribution < 1.29 is 18.4 Å². The van der Waals surface area contributed by atoms with Crippen molar-refractivity contribution in [1.29, 1.82) is 0 Å². The van der Waals surface area contributed by atoms with Gasteiger partial charge in [-0.15, -0.1) is 11.3 Å². The summed E-state index contributed by atoms with van der Waals surface area (Å²) < 4.78 is 26.5. The van der Waals surface area contributed by atoms with Crippen LogP contribution >= 0.6 is 22.9 Å². The number of thiazole rings is 1. The highest BCUT2D eigenvalue weighted by molar-refractivity contribution is 7.14. The molecule has 0 radical (unpaired) electrons. The first-order valence-corrected chi connectivity index (χ1v) is 9.81. The van der Waals surface area contributed by atoms with Crippen LogP contribution in [-0.2, 0) is 9.59 Å². The van der Waals surface area contributed by atoms with E-state index in [-0.39, 0.29) is 18.2 Å². The molecule has 5 nitrogen and oxygen atoms in total. The molecule has 2 N–H and O–H groups in total. The van der Waals surface area contributed by atoms with Crippen LogP contribution in [0, 0.1) is 11.6 Å². The van der Waals surface area contributed by atoms with Crippen molar-refractivity contribution >= 4 is 39.9 Å². The van der Waals surface area contributed by atoms with Gasteiger partial charge in [-0.25, -0.2) is 13.8 Å². The zero-order chi connectivity index (χ0) is 21.0. The molecule has 0 spiro atoms. The number of carbonyl (C=O) groups is 2. The number of hydrogen-bond donors (Lipinski definition) is 2. The second-order valence-electron chi connectivity index (χ2n) is 6.19. The maximum atomic E-state index is 13.4. The average molecular weight is 436 g/mol. The molecule has 29 heavy (non-hydrogen) atoms. The molecule has 1 heterocycles. The zero-order valence-electron chi connectivity index (χ0n) is 15.2. The first-order valence-electron chi connectivity index (χ1n) is 8.56. The molecule has 3 rings (SSSR count). The minimum absolute atomic E-state index is 0.0522. The Morgan fingerprint density at radius 1 is 1.17 bits per heavy atom. The molecular formula is C20H16ClF2N3O2S. The minimum Gasteiger partial charge on any atom is -0.349 e. The van der Waals surface area contributed by atoms with E-state index in [9.17, 15) is 18.4 Å². The van der Waals surface area contributed by atoms with E-state index >= 15 is 0 Å². The molecule has 2 aromatic carbocycles. The van der Waals surface area contributed by atoms with E-state index in [1.54, 1.807) is 29.6 Å². The lowest BCUT2D eigenvalue weighted by Gasteiger charge is -2.18. The van der Waals surface area contributed by atoms with Crippen molar-refractivity contribution in [2.75, 3.05) is 5.32 Å². The summed E-state index contributed by atoms with van der Waals surface area (Å²) in [4.78, 5) is 28.3. The summed E-state index contributed by atoms with van der Waals surface area (Å²) in [5, 5.41) is 7.74. The van der Waals surface area contributed by atoms with E-state index in [0.29, 0.717) is 27.0 Å². The molecule has 150 valence electrons. The summed E-state index contributed by atoms with van der Waals surface area (Å²) in [6.45, 7) is 1.36. The quantitative estimate of drug-likeness (QED) is 0.575. The molecule has 0 aliphatic carbocycles. The Morgan fingerprint density at radius 2 is 1.93 bits per heavy atom. The first-order chi connectivity index (χ1) is 13.8. The summed E-state index contributed by atoms with van der Waals surface area (Å²) in [5.74, 6) is -2.59. The molecule has 3 aromatic rings. The molecule has 0 unspecified atom stereocenters. The average Bonchev–Trinajstić information content (AvgIpc) is 3.12. The van der Waals surface area contributed by atoms with E-state index < -0.39 is 17.7 Å². The van der Waals surface area contributed by atoms with Gasteiger partial charge in [0.2, 0.25) is 11.8 Å². The molecule has 9 heteroatoms. The minimum atomic E-state index is -0.973. The molecule has 0 saturated carbocycles.